The molecular weight excluding hydrogens is 500 g/mol. The minimum absolute atomic E-state index is 0.0138. The standard InChI is InChI=1S/C28H26N6O5/c1-28(2,3)33-27(39)34(21-7-5-4-6-8-21)26-31-22(17-9-11-18(12-10-17)23(35)36)30-25(32-26)29-20-15-13-19(14-16-20)24(37)38/h4-16H,1-3H3,(H,33,39)(H,35,36)(H,37,38)(H,29,30,31,32). The Bertz CT molecular complexity index is 1500. The summed E-state index contributed by atoms with van der Waals surface area (Å²) in [5, 5.41) is 24.4. The fourth-order valence-electron chi connectivity index (χ4n) is 3.51. The maximum absolute atomic E-state index is 13.5. The number of urea groups is 1. The first-order valence-electron chi connectivity index (χ1n) is 11.9. The Morgan fingerprint density at radius 2 is 1.31 bits per heavy atom. The smallest absolute Gasteiger partial charge is 0.335 e. The predicted octanol–water partition coefficient (Wildman–Crippen LogP) is 5.32. The molecule has 11 nitrogen and oxygen atoms in total. The number of aromatic carboxylic acids is 2. The fourth-order valence-corrected chi connectivity index (χ4v) is 3.51. The molecule has 0 bridgehead atoms. The molecule has 1 aromatic heterocycles. The summed E-state index contributed by atoms with van der Waals surface area (Å²) < 4.78 is 0. The lowest BCUT2D eigenvalue weighted by Gasteiger charge is -2.27. The van der Waals surface area contributed by atoms with Crippen LogP contribution in [0.25, 0.3) is 11.4 Å². The number of hydrogen-bond donors (Lipinski definition) is 4. The first kappa shape index (κ1) is 26.7. The van der Waals surface area contributed by atoms with E-state index >= 15 is 0 Å². The number of carbonyl (C=O) groups is 3. The highest BCUT2D eigenvalue weighted by molar-refractivity contribution is 5.98. The Morgan fingerprint density at radius 1 is 0.744 bits per heavy atom. The third-order valence-corrected chi connectivity index (χ3v) is 5.30. The van der Waals surface area contributed by atoms with Gasteiger partial charge in [0, 0.05) is 16.8 Å². The summed E-state index contributed by atoms with van der Waals surface area (Å²) in [6, 6.07) is 20.4. The zero-order valence-corrected chi connectivity index (χ0v) is 21.4. The molecule has 0 spiro atoms. The number of nitrogens with one attached hydrogen (secondary N) is 2. The lowest BCUT2D eigenvalue weighted by molar-refractivity contribution is 0.0686. The molecule has 0 fully saturated rings. The molecule has 0 saturated heterocycles. The van der Waals surface area contributed by atoms with E-state index in [1.54, 1.807) is 48.5 Å². The number of nitrogens with zero attached hydrogens (tertiary/aromatic N) is 4. The van der Waals surface area contributed by atoms with Gasteiger partial charge in [0.1, 0.15) is 0 Å². The van der Waals surface area contributed by atoms with E-state index in [-0.39, 0.29) is 28.8 Å². The molecule has 0 aliphatic rings. The molecule has 2 amide bonds. The van der Waals surface area contributed by atoms with Crippen molar-refractivity contribution in [1.82, 2.24) is 20.3 Å². The average molecular weight is 527 g/mol. The monoisotopic (exact) mass is 526 g/mol. The van der Waals surface area contributed by atoms with Gasteiger partial charge in [-0.25, -0.2) is 19.3 Å². The number of carbonyl (C=O) groups excluding carboxylic acids is 1. The van der Waals surface area contributed by atoms with Crippen LogP contribution in [-0.4, -0.2) is 48.7 Å². The van der Waals surface area contributed by atoms with Crippen LogP contribution in [0, 0.1) is 0 Å². The van der Waals surface area contributed by atoms with Gasteiger partial charge in [-0.3, -0.25) is 0 Å². The summed E-state index contributed by atoms with van der Waals surface area (Å²) in [5.41, 5.74) is 1.17. The molecule has 4 rings (SSSR count). The van der Waals surface area contributed by atoms with E-state index in [1.807, 2.05) is 26.8 Å². The van der Waals surface area contributed by atoms with Crippen LogP contribution in [0.3, 0.4) is 0 Å². The van der Waals surface area contributed by atoms with E-state index in [9.17, 15) is 24.6 Å². The van der Waals surface area contributed by atoms with Gasteiger partial charge in [0.25, 0.3) is 0 Å². The summed E-state index contributed by atoms with van der Waals surface area (Å²) in [5.74, 6) is -1.84. The van der Waals surface area contributed by atoms with E-state index in [1.165, 1.54) is 29.2 Å². The highest BCUT2D eigenvalue weighted by atomic mass is 16.4. The van der Waals surface area contributed by atoms with Crippen molar-refractivity contribution in [3.05, 3.63) is 90.0 Å². The molecule has 198 valence electrons. The molecule has 4 N–H and O–H groups in total. The van der Waals surface area contributed by atoms with Crippen molar-refractivity contribution in [3.63, 3.8) is 0 Å². The van der Waals surface area contributed by atoms with Gasteiger partial charge in [0.15, 0.2) is 5.82 Å². The summed E-state index contributed by atoms with van der Waals surface area (Å²) in [4.78, 5) is 50.9. The zero-order valence-electron chi connectivity index (χ0n) is 21.4. The van der Waals surface area contributed by atoms with Gasteiger partial charge in [0.2, 0.25) is 11.9 Å². The molecule has 0 unspecified atom stereocenters. The lowest BCUT2D eigenvalue weighted by Crippen LogP contribution is -2.47. The minimum Gasteiger partial charge on any atom is -0.478 e. The molecule has 0 atom stereocenters. The molecule has 4 aromatic rings. The quantitative estimate of drug-likeness (QED) is 0.250. The van der Waals surface area contributed by atoms with Gasteiger partial charge >= 0.3 is 18.0 Å². The molecule has 0 radical (unpaired) electrons. The largest absolute Gasteiger partial charge is 0.478 e. The van der Waals surface area contributed by atoms with Crippen LogP contribution in [-0.2, 0) is 0 Å². The lowest BCUT2D eigenvalue weighted by atomic mass is 10.1. The Morgan fingerprint density at radius 3 is 1.85 bits per heavy atom. The Labute approximate surface area is 224 Å². The number of carboxylic acids is 2. The molecule has 0 aliphatic carbocycles. The highest BCUT2D eigenvalue weighted by Gasteiger charge is 2.26. The van der Waals surface area contributed by atoms with Crippen LogP contribution >= 0.6 is 0 Å². The minimum atomic E-state index is -1.07. The first-order chi connectivity index (χ1) is 18.5. The number of carboxylic acid groups (broad SMARTS) is 2. The second kappa shape index (κ2) is 11.0. The number of aromatic nitrogens is 3. The van der Waals surface area contributed by atoms with E-state index in [0.29, 0.717) is 16.9 Å². The van der Waals surface area contributed by atoms with Crippen LogP contribution in [0.4, 0.5) is 28.1 Å². The van der Waals surface area contributed by atoms with Gasteiger partial charge in [-0.15, -0.1) is 0 Å². The van der Waals surface area contributed by atoms with Crippen molar-refractivity contribution < 1.29 is 24.6 Å². The van der Waals surface area contributed by atoms with Crippen molar-refractivity contribution in [2.45, 2.75) is 26.3 Å². The maximum atomic E-state index is 13.5. The number of anilines is 4. The van der Waals surface area contributed by atoms with E-state index in [2.05, 4.69) is 25.6 Å². The van der Waals surface area contributed by atoms with Crippen molar-refractivity contribution in [1.29, 1.82) is 0 Å². The number of amides is 2. The third-order valence-electron chi connectivity index (χ3n) is 5.30. The molecule has 1 heterocycles. The molecular formula is C28H26N6O5. The van der Waals surface area contributed by atoms with Crippen molar-refractivity contribution >= 4 is 41.2 Å². The Hall–Kier alpha value is -5.32. The van der Waals surface area contributed by atoms with Gasteiger partial charge < -0.3 is 20.8 Å². The third kappa shape index (κ3) is 6.72. The number of rotatable bonds is 7. The number of benzene rings is 3. The SMILES string of the molecule is CC(C)(C)NC(=O)N(c1ccccc1)c1nc(Nc2ccc(C(=O)O)cc2)nc(-c2ccc(C(=O)O)cc2)n1. The van der Waals surface area contributed by atoms with Crippen molar-refractivity contribution in [3.8, 4) is 11.4 Å². The van der Waals surface area contributed by atoms with E-state index in [0.717, 1.165) is 0 Å². The van der Waals surface area contributed by atoms with E-state index < -0.39 is 23.5 Å². The molecule has 3 aromatic carbocycles. The van der Waals surface area contributed by atoms with Crippen LogP contribution in [0.15, 0.2) is 78.9 Å². The topological polar surface area (TPSA) is 158 Å². The molecule has 39 heavy (non-hydrogen) atoms. The zero-order chi connectivity index (χ0) is 28.2. The van der Waals surface area contributed by atoms with E-state index in [4.69, 9.17) is 0 Å². The van der Waals surface area contributed by atoms with Crippen LogP contribution in [0.1, 0.15) is 41.5 Å². The molecule has 11 heteroatoms. The van der Waals surface area contributed by atoms with Gasteiger partial charge in [-0.05, 0) is 69.3 Å². The molecule has 0 aliphatic heterocycles. The van der Waals surface area contributed by atoms with Gasteiger partial charge in [0.05, 0.1) is 16.8 Å². The van der Waals surface area contributed by atoms with Crippen molar-refractivity contribution in [2.75, 3.05) is 10.2 Å². The van der Waals surface area contributed by atoms with Gasteiger partial charge in [-0.1, -0.05) is 30.3 Å². The Balaban J connectivity index is 1.84. The summed E-state index contributed by atoms with van der Waals surface area (Å²) >= 11 is 0. The number of hydrogen-bond acceptors (Lipinski definition) is 7. The normalized spacial score (nSPS) is 10.9. The van der Waals surface area contributed by atoms with Crippen LogP contribution < -0.4 is 15.5 Å². The van der Waals surface area contributed by atoms with Crippen LogP contribution in [0.2, 0.25) is 0 Å². The van der Waals surface area contributed by atoms with Crippen molar-refractivity contribution in [2.24, 2.45) is 0 Å². The predicted molar refractivity (Wildman–Crippen MR) is 146 cm³/mol. The Kier molecular flexibility index (Phi) is 7.52. The fraction of sp³-hybridized carbons (Fsp3) is 0.143. The summed E-state index contributed by atoms with van der Waals surface area (Å²) in [6.45, 7) is 5.56. The highest BCUT2D eigenvalue weighted by Crippen LogP contribution is 2.27. The number of para-hydroxylation sites is 1. The van der Waals surface area contributed by atoms with Crippen LogP contribution in [0.5, 0.6) is 0 Å². The maximum Gasteiger partial charge on any atom is 0.335 e. The average Bonchev–Trinajstić information content (AvgIpc) is 2.88. The second-order valence-corrected chi connectivity index (χ2v) is 9.52. The van der Waals surface area contributed by atoms with Gasteiger partial charge in [-0.2, -0.15) is 15.0 Å². The molecule has 0 saturated carbocycles. The summed E-state index contributed by atoms with van der Waals surface area (Å²) in [6.07, 6.45) is 0. The first-order valence-corrected chi connectivity index (χ1v) is 11.9. The second-order valence-electron chi connectivity index (χ2n) is 9.52. The summed E-state index contributed by atoms with van der Waals surface area (Å²) in [7, 11) is 0.